The number of quaternary nitrogens is 1. The summed E-state index contributed by atoms with van der Waals surface area (Å²) in [4.78, 5) is 17.8. The first kappa shape index (κ1) is 36.4. The largest absolute Gasteiger partial charge is 0.384 e. The number of aldehydes is 1. The van der Waals surface area contributed by atoms with Gasteiger partial charge in [0.2, 0.25) is 0 Å². The molecule has 0 aliphatic carbocycles. The van der Waals surface area contributed by atoms with Crippen LogP contribution in [-0.4, -0.2) is 74.4 Å². The number of nitrogens with one attached hydrogen (secondary N) is 2. The Morgan fingerprint density at radius 3 is 2.58 bits per heavy atom. The van der Waals surface area contributed by atoms with Crippen molar-refractivity contribution in [1.82, 2.24) is 15.5 Å². The van der Waals surface area contributed by atoms with Crippen molar-refractivity contribution in [3.63, 3.8) is 0 Å². The molecule has 7 heteroatoms. The van der Waals surface area contributed by atoms with Crippen LogP contribution in [0.5, 0.6) is 0 Å². The number of aliphatic imine (C=N–C) groups is 1. The quantitative estimate of drug-likeness (QED) is 0.0372. The fourth-order valence-corrected chi connectivity index (χ4v) is 5.60. The van der Waals surface area contributed by atoms with Gasteiger partial charge in [-0.05, 0) is 65.6 Å². The molecule has 3 unspecified atom stereocenters. The summed E-state index contributed by atoms with van der Waals surface area (Å²) in [6.45, 7) is 15.8. The summed E-state index contributed by atoms with van der Waals surface area (Å²) in [6, 6.07) is 0.727. The Kier molecular flexibility index (Phi) is 19.2. The van der Waals surface area contributed by atoms with E-state index in [4.69, 9.17) is 11.6 Å². The Morgan fingerprint density at radius 2 is 1.90 bits per heavy atom. The van der Waals surface area contributed by atoms with Gasteiger partial charge in [0.15, 0.2) is 0 Å². The van der Waals surface area contributed by atoms with E-state index in [1.807, 2.05) is 13.8 Å². The van der Waals surface area contributed by atoms with Gasteiger partial charge in [0.05, 0.1) is 36.1 Å². The second-order valence-corrected chi connectivity index (χ2v) is 12.4. The van der Waals surface area contributed by atoms with E-state index in [1.54, 1.807) is 6.20 Å². The van der Waals surface area contributed by atoms with Crippen LogP contribution in [0.15, 0.2) is 39.8 Å². The van der Waals surface area contributed by atoms with Crippen LogP contribution in [0.4, 0.5) is 0 Å². The van der Waals surface area contributed by atoms with Crippen molar-refractivity contribution in [2.24, 2.45) is 10.9 Å². The van der Waals surface area contributed by atoms with Crippen molar-refractivity contribution < 1.29 is 9.28 Å². The summed E-state index contributed by atoms with van der Waals surface area (Å²) < 4.78 is 1.12. The molecule has 40 heavy (non-hydrogen) atoms. The van der Waals surface area contributed by atoms with Crippen LogP contribution in [0.2, 0.25) is 0 Å². The van der Waals surface area contributed by atoms with Crippen molar-refractivity contribution in [1.29, 1.82) is 0 Å². The lowest BCUT2D eigenvalue weighted by atomic mass is 9.97. The number of nitrogens with zero attached hydrogens (tertiary/aromatic N) is 3. The van der Waals surface area contributed by atoms with Gasteiger partial charge in [-0.25, -0.2) is 4.99 Å². The zero-order valence-electron chi connectivity index (χ0n) is 26.9. The van der Waals surface area contributed by atoms with Gasteiger partial charge < -0.3 is 24.8 Å². The lowest BCUT2D eigenvalue weighted by Crippen LogP contribution is -2.56. The molecule has 0 saturated carbocycles. The Morgan fingerprint density at radius 1 is 1.12 bits per heavy atom. The van der Waals surface area contributed by atoms with E-state index in [0.717, 1.165) is 86.6 Å². The molecule has 0 amide bonds. The average Bonchev–Trinajstić information content (AvgIpc) is 2.93. The zero-order valence-corrected chi connectivity index (χ0v) is 27.7. The van der Waals surface area contributed by atoms with Gasteiger partial charge in [-0.2, -0.15) is 0 Å². The number of allylic oxidation sites excluding steroid dienone is 2. The highest BCUT2D eigenvalue weighted by Crippen LogP contribution is 2.26. The van der Waals surface area contributed by atoms with Crippen LogP contribution in [0.1, 0.15) is 105 Å². The third kappa shape index (κ3) is 14.8. The van der Waals surface area contributed by atoms with Crippen molar-refractivity contribution in [3.8, 4) is 0 Å². The van der Waals surface area contributed by atoms with Gasteiger partial charge in [-0.3, -0.25) is 0 Å². The van der Waals surface area contributed by atoms with E-state index in [2.05, 4.69) is 67.5 Å². The minimum Gasteiger partial charge on any atom is -0.384 e. The second kappa shape index (κ2) is 21.1. The standard InChI is InChI=1S/C33H61ClN5O/c1-8-11-13-18-31(16-10-3)39(7)24-14-17-30(26-39)37-29(5)36-25-32(34)33(19-12-9-2)35-21-15-22-38(6)23-20-28(4)27-40/h17,19,25,27-28,31,35H,8-16,18,20-24,26H2,1-7H3,(H,36,37)/q+1/b32-25+,33-19-. The number of carbonyl (C=O) groups excluding carboxylic acids is 1. The van der Waals surface area contributed by atoms with Crippen LogP contribution in [0.3, 0.4) is 0 Å². The zero-order chi connectivity index (χ0) is 29.8. The normalized spacial score (nSPS) is 20.3. The van der Waals surface area contributed by atoms with Gasteiger partial charge in [-0.15, -0.1) is 0 Å². The molecule has 1 aliphatic rings. The first-order valence-electron chi connectivity index (χ1n) is 16.0. The summed E-state index contributed by atoms with van der Waals surface area (Å²) in [5, 5.41) is 7.75. The molecule has 1 aliphatic heterocycles. The van der Waals surface area contributed by atoms with Crippen LogP contribution in [0.25, 0.3) is 0 Å². The van der Waals surface area contributed by atoms with Crippen LogP contribution < -0.4 is 10.6 Å². The molecule has 0 spiro atoms. The molecule has 0 aromatic heterocycles. The predicted octanol–water partition coefficient (Wildman–Crippen LogP) is 7.38. The van der Waals surface area contributed by atoms with Gasteiger partial charge >= 0.3 is 0 Å². The number of halogens is 1. The summed E-state index contributed by atoms with van der Waals surface area (Å²) >= 11 is 6.73. The smallest absolute Gasteiger partial charge is 0.122 e. The molecule has 0 radical (unpaired) electrons. The lowest BCUT2D eigenvalue weighted by molar-refractivity contribution is -0.931. The molecule has 0 aromatic rings. The topological polar surface area (TPSA) is 56.7 Å². The highest BCUT2D eigenvalue weighted by Gasteiger charge is 2.34. The summed E-state index contributed by atoms with van der Waals surface area (Å²) in [6.07, 6.45) is 20.2. The molecule has 6 nitrogen and oxygen atoms in total. The third-order valence-electron chi connectivity index (χ3n) is 8.04. The summed E-state index contributed by atoms with van der Waals surface area (Å²) in [5.74, 6) is 0.995. The Hall–Kier alpha value is -1.63. The minimum atomic E-state index is 0.123. The fraction of sp³-hybridized carbons (Fsp3) is 0.758. The molecular weight excluding hydrogens is 518 g/mol. The number of amidine groups is 1. The average molecular weight is 579 g/mol. The Balaban J connectivity index is 2.72. The summed E-state index contributed by atoms with van der Waals surface area (Å²) in [7, 11) is 4.56. The number of hydrogen-bond acceptors (Lipinski definition) is 4. The maximum atomic E-state index is 10.8. The molecule has 1 rings (SSSR count). The van der Waals surface area contributed by atoms with E-state index in [0.29, 0.717) is 5.03 Å². The lowest BCUT2D eigenvalue weighted by Gasteiger charge is -2.44. The third-order valence-corrected chi connectivity index (χ3v) is 8.35. The van der Waals surface area contributed by atoms with Gasteiger partial charge in [0.25, 0.3) is 0 Å². The van der Waals surface area contributed by atoms with E-state index in [-0.39, 0.29) is 5.92 Å². The number of unbranched alkanes of at least 4 members (excludes halogenated alkanes) is 3. The highest BCUT2D eigenvalue weighted by atomic mass is 35.5. The van der Waals surface area contributed by atoms with E-state index >= 15 is 0 Å². The number of carbonyl (C=O) groups is 1. The SMILES string of the molecule is CCC/C=C(NCCCN(C)CCC(C)C=O)/C(Cl)=C\N=C(C)NC1=CCC[N+](C)(C(CCC)CCCCC)C1. The molecule has 0 aromatic carbocycles. The maximum Gasteiger partial charge on any atom is 0.122 e. The van der Waals surface area contributed by atoms with Crippen LogP contribution in [-0.2, 0) is 4.79 Å². The van der Waals surface area contributed by atoms with E-state index in [9.17, 15) is 4.79 Å². The number of rotatable bonds is 21. The van der Waals surface area contributed by atoms with Crippen LogP contribution >= 0.6 is 11.6 Å². The Labute approximate surface area is 252 Å². The van der Waals surface area contributed by atoms with Gasteiger partial charge in [-0.1, -0.05) is 77.1 Å². The highest BCUT2D eigenvalue weighted by molar-refractivity contribution is 6.31. The molecule has 1 heterocycles. The van der Waals surface area contributed by atoms with Gasteiger partial charge in [0, 0.05) is 25.1 Å². The molecule has 3 atom stereocenters. The molecule has 0 bridgehead atoms. The maximum absolute atomic E-state index is 10.8. The van der Waals surface area contributed by atoms with Crippen molar-refractivity contribution in [3.05, 3.63) is 34.8 Å². The summed E-state index contributed by atoms with van der Waals surface area (Å²) in [5.41, 5.74) is 2.23. The molecule has 2 N–H and O–H groups in total. The number of likely N-dealkylation sites (N-methyl/N-ethyl adjacent to an activating group) is 1. The van der Waals surface area contributed by atoms with E-state index < -0.39 is 0 Å². The number of hydrogen-bond donors (Lipinski definition) is 2. The second-order valence-electron chi connectivity index (χ2n) is 12.0. The van der Waals surface area contributed by atoms with Crippen LogP contribution in [0, 0.1) is 5.92 Å². The first-order chi connectivity index (χ1) is 19.2. The molecule has 230 valence electrons. The van der Waals surface area contributed by atoms with Crippen molar-refractivity contribution in [2.45, 2.75) is 111 Å². The fourth-order valence-electron chi connectivity index (χ4n) is 5.41. The van der Waals surface area contributed by atoms with Gasteiger partial charge in [0.1, 0.15) is 18.7 Å². The first-order valence-corrected chi connectivity index (χ1v) is 16.3. The monoisotopic (exact) mass is 578 g/mol. The minimum absolute atomic E-state index is 0.123. The van der Waals surface area contributed by atoms with Crippen molar-refractivity contribution in [2.75, 3.05) is 46.8 Å². The molecule has 0 saturated heterocycles. The molecular formula is C33H61ClN5O+. The molecule has 0 fully saturated rings. The predicted molar refractivity (Wildman–Crippen MR) is 175 cm³/mol. The Bertz CT molecular complexity index is 837. The van der Waals surface area contributed by atoms with Crippen molar-refractivity contribution >= 4 is 23.7 Å². The van der Waals surface area contributed by atoms with E-state index in [1.165, 1.54) is 50.8 Å².